The molecule has 0 saturated heterocycles. The lowest BCUT2D eigenvalue weighted by Gasteiger charge is -2.23. The summed E-state index contributed by atoms with van der Waals surface area (Å²) in [5.74, 6) is -0.118. The summed E-state index contributed by atoms with van der Waals surface area (Å²) < 4.78 is 0. The zero-order valence-corrected chi connectivity index (χ0v) is 12.9. The molecule has 1 aromatic heterocycles. The van der Waals surface area contributed by atoms with E-state index in [0.29, 0.717) is 50.3 Å². The van der Waals surface area contributed by atoms with Crippen LogP contribution in [-0.2, 0) is 17.8 Å². The molecule has 0 radical (unpaired) electrons. The summed E-state index contributed by atoms with van der Waals surface area (Å²) in [5.41, 5.74) is 0.886. The van der Waals surface area contributed by atoms with E-state index in [1.54, 1.807) is 0 Å². The Kier molecular flexibility index (Phi) is 4.30. The van der Waals surface area contributed by atoms with Crippen LogP contribution in [0, 0.1) is 5.92 Å². The molecule has 1 aliphatic carbocycles. The Labute approximate surface area is 132 Å². The number of nitrogens with zero attached hydrogens (tertiary/aromatic N) is 2. The van der Waals surface area contributed by atoms with E-state index in [4.69, 9.17) is 5.11 Å². The summed E-state index contributed by atoms with van der Waals surface area (Å²) >= 11 is 1.35. The second-order valence-corrected chi connectivity index (χ2v) is 6.92. The van der Waals surface area contributed by atoms with E-state index < -0.39 is 6.09 Å². The van der Waals surface area contributed by atoms with Crippen LogP contribution in [0.25, 0.3) is 0 Å². The topological polar surface area (TPSA) is 103 Å². The van der Waals surface area contributed by atoms with Gasteiger partial charge in [-0.25, -0.2) is 9.78 Å². The van der Waals surface area contributed by atoms with E-state index in [-0.39, 0.29) is 17.9 Å². The summed E-state index contributed by atoms with van der Waals surface area (Å²) in [7, 11) is 0. The van der Waals surface area contributed by atoms with Gasteiger partial charge in [0, 0.05) is 23.8 Å². The number of hydrogen-bond acceptors (Lipinski definition) is 5. The summed E-state index contributed by atoms with van der Waals surface area (Å²) in [6.07, 6.45) is 2.11. The second kappa shape index (κ2) is 6.21. The Morgan fingerprint density at radius 1 is 1.27 bits per heavy atom. The highest BCUT2D eigenvalue weighted by Gasteiger charge is 2.27. The van der Waals surface area contributed by atoms with Gasteiger partial charge >= 0.3 is 6.09 Å². The molecule has 2 aliphatic rings. The predicted octanol–water partition coefficient (Wildman–Crippen LogP) is 1.67. The molecule has 2 heterocycles. The number of anilines is 1. The number of nitrogens with one attached hydrogen (secondary N) is 1. The van der Waals surface area contributed by atoms with Crippen LogP contribution in [0.15, 0.2) is 0 Å². The van der Waals surface area contributed by atoms with Crippen molar-refractivity contribution in [1.29, 1.82) is 0 Å². The van der Waals surface area contributed by atoms with Crippen LogP contribution in [0.4, 0.5) is 9.93 Å². The van der Waals surface area contributed by atoms with Crippen molar-refractivity contribution >= 4 is 28.5 Å². The molecule has 3 N–H and O–H groups in total. The van der Waals surface area contributed by atoms with Crippen LogP contribution in [0.3, 0.4) is 0 Å². The Bertz CT molecular complexity index is 581. The van der Waals surface area contributed by atoms with Crippen molar-refractivity contribution in [2.75, 3.05) is 11.9 Å². The highest BCUT2D eigenvalue weighted by Crippen LogP contribution is 2.30. The van der Waals surface area contributed by atoms with Crippen LogP contribution in [0.2, 0.25) is 0 Å². The molecular formula is C14H19N3O4S. The zero-order chi connectivity index (χ0) is 15.7. The number of thiazole rings is 1. The number of carbonyl (C=O) groups excluding carboxylic acids is 1. The van der Waals surface area contributed by atoms with Crippen molar-refractivity contribution in [2.45, 2.75) is 44.8 Å². The maximum Gasteiger partial charge on any atom is 0.407 e. The number of amides is 2. The Morgan fingerprint density at radius 2 is 2.00 bits per heavy atom. The third kappa shape index (κ3) is 3.22. The van der Waals surface area contributed by atoms with Gasteiger partial charge in [0.2, 0.25) is 5.91 Å². The summed E-state index contributed by atoms with van der Waals surface area (Å²) in [6, 6.07) is 0. The first-order valence-corrected chi connectivity index (χ1v) is 8.30. The molecule has 0 bridgehead atoms. The first-order chi connectivity index (χ1) is 10.5. The molecule has 3 rings (SSSR count). The zero-order valence-electron chi connectivity index (χ0n) is 12.1. The number of aromatic nitrogens is 1. The number of hydrogen-bond donors (Lipinski definition) is 3. The standard InChI is InChI=1S/C14H19N3O4S/c18-9-3-1-8(2-4-9)12(19)16-13-15-10-5-6-17(14(20)21)7-11(10)22-13/h8-9,18H,1-7H2,(H,20,21)(H,15,16,19). The molecule has 1 aromatic rings. The summed E-state index contributed by atoms with van der Waals surface area (Å²) in [4.78, 5) is 29.9. The largest absolute Gasteiger partial charge is 0.465 e. The fourth-order valence-electron chi connectivity index (χ4n) is 2.96. The average Bonchev–Trinajstić information content (AvgIpc) is 2.88. The maximum atomic E-state index is 12.2. The quantitative estimate of drug-likeness (QED) is 0.767. The molecule has 2 amide bonds. The number of fused-ring (bicyclic) bond motifs is 1. The van der Waals surface area contributed by atoms with Gasteiger partial charge in [0.1, 0.15) is 0 Å². The van der Waals surface area contributed by atoms with Crippen molar-refractivity contribution < 1.29 is 19.8 Å². The lowest BCUT2D eigenvalue weighted by atomic mass is 9.87. The minimum atomic E-state index is -0.926. The third-order valence-electron chi connectivity index (χ3n) is 4.30. The van der Waals surface area contributed by atoms with Crippen molar-refractivity contribution in [2.24, 2.45) is 5.92 Å². The lowest BCUT2D eigenvalue weighted by molar-refractivity contribution is -0.121. The monoisotopic (exact) mass is 325 g/mol. The average molecular weight is 325 g/mol. The van der Waals surface area contributed by atoms with Gasteiger partial charge < -0.3 is 20.4 Å². The number of rotatable bonds is 2. The number of carboxylic acid groups (broad SMARTS) is 1. The molecule has 0 spiro atoms. The van der Waals surface area contributed by atoms with Gasteiger partial charge in [0.05, 0.1) is 18.3 Å². The molecule has 0 aromatic carbocycles. The molecule has 1 saturated carbocycles. The van der Waals surface area contributed by atoms with Gasteiger partial charge in [-0.05, 0) is 25.7 Å². The van der Waals surface area contributed by atoms with E-state index >= 15 is 0 Å². The SMILES string of the molecule is O=C(Nc1nc2c(s1)CN(C(=O)O)CC2)C1CCC(O)CC1. The van der Waals surface area contributed by atoms with Crippen molar-refractivity contribution in [3.05, 3.63) is 10.6 Å². The molecular weight excluding hydrogens is 306 g/mol. The fourth-order valence-corrected chi connectivity index (χ4v) is 3.98. The fraction of sp³-hybridized carbons (Fsp3) is 0.643. The number of carbonyl (C=O) groups is 2. The first kappa shape index (κ1) is 15.2. The highest BCUT2D eigenvalue weighted by molar-refractivity contribution is 7.15. The van der Waals surface area contributed by atoms with Gasteiger partial charge in [-0.3, -0.25) is 4.79 Å². The van der Waals surface area contributed by atoms with Gasteiger partial charge in [-0.15, -0.1) is 0 Å². The van der Waals surface area contributed by atoms with E-state index in [2.05, 4.69) is 10.3 Å². The van der Waals surface area contributed by atoms with E-state index in [1.807, 2.05) is 0 Å². The highest BCUT2D eigenvalue weighted by atomic mass is 32.1. The van der Waals surface area contributed by atoms with Crippen molar-refractivity contribution in [3.63, 3.8) is 0 Å². The number of aliphatic hydroxyl groups excluding tert-OH is 1. The summed E-state index contributed by atoms with van der Waals surface area (Å²) in [5, 5.41) is 21.9. The van der Waals surface area contributed by atoms with Gasteiger partial charge in [-0.1, -0.05) is 11.3 Å². The van der Waals surface area contributed by atoms with Gasteiger partial charge in [0.15, 0.2) is 5.13 Å². The van der Waals surface area contributed by atoms with Crippen LogP contribution in [0.1, 0.15) is 36.3 Å². The molecule has 22 heavy (non-hydrogen) atoms. The van der Waals surface area contributed by atoms with E-state index in [1.165, 1.54) is 16.2 Å². The Hall–Kier alpha value is -1.67. The molecule has 8 heteroatoms. The van der Waals surface area contributed by atoms with Gasteiger partial charge in [-0.2, -0.15) is 0 Å². The minimum Gasteiger partial charge on any atom is -0.465 e. The maximum absolute atomic E-state index is 12.2. The smallest absolute Gasteiger partial charge is 0.407 e. The molecule has 0 atom stereocenters. The molecule has 7 nitrogen and oxygen atoms in total. The second-order valence-electron chi connectivity index (χ2n) is 5.84. The van der Waals surface area contributed by atoms with Crippen LogP contribution in [-0.4, -0.2) is 44.7 Å². The van der Waals surface area contributed by atoms with Gasteiger partial charge in [0.25, 0.3) is 0 Å². The lowest BCUT2D eigenvalue weighted by Crippen LogP contribution is -2.34. The normalized spacial score (nSPS) is 24.7. The van der Waals surface area contributed by atoms with Crippen molar-refractivity contribution in [1.82, 2.24) is 9.88 Å². The molecule has 120 valence electrons. The first-order valence-electron chi connectivity index (χ1n) is 7.48. The van der Waals surface area contributed by atoms with Crippen LogP contribution < -0.4 is 5.32 Å². The minimum absolute atomic E-state index is 0.0481. The third-order valence-corrected chi connectivity index (χ3v) is 5.30. The Balaban J connectivity index is 1.62. The Morgan fingerprint density at radius 3 is 2.68 bits per heavy atom. The van der Waals surface area contributed by atoms with Crippen molar-refractivity contribution in [3.8, 4) is 0 Å². The number of aliphatic hydroxyl groups is 1. The predicted molar refractivity (Wildman–Crippen MR) is 80.8 cm³/mol. The van der Waals surface area contributed by atoms with Crippen LogP contribution >= 0.6 is 11.3 Å². The molecule has 0 unspecified atom stereocenters. The summed E-state index contributed by atoms with van der Waals surface area (Å²) in [6.45, 7) is 0.786. The van der Waals surface area contributed by atoms with E-state index in [9.17, 15) is 14.7 Å². The van der Waals surface area contributed by atoms with Crippen LogP contribution in [0.5, 0.6) is 0 Å². The molecule has 1 fully saturated rings. The van der Waals surface area contributed by atoms with E-state index in [0.717, 1.165) is 10.6 Å². The molecule has 1 aliphatic heterocycles.